The fraction of sp³-hybridized carbons (Fsp3) is 0.500. The number of hydrogen-bond acceptors (Lipinski definition) is 2. The van der Waals surface area contributed by atoms with Crippen molar-refractivity contribution in [3.8, 4) is 0 Å². The summed E-state index contributed by atoms with van der Waals surface area (Å²) in [6.45, 7) is 6.14. The minimum Gasteiger partial charge on any atom is -0.240 e. The van der Waals surface area contributed by atoms with Gasteiger partial charge in [0, 0.05) is 6.20 Å². The molecule has 1 rings (SSSR count). The molecule has 0 spiro atoms. The SMILES string of the molecule is Cc1ncc(Br)c(C(C)C)n1. The Balaban J connectivity index is 3.13. The van der Waals surface area contributed by atoms with E-state index < -0.39 is 0 Å². The summed E-state index contributed by atoms with van der Waals surface area (Å²) in [5.74, 6) is 1.28. The van der Waals surface area contributed by atoms with E-state index in [2.05, 4.69) is 39.7 Å². The van der Waals surface area contributed by atoms with Gasteiger partial charge in [-0.05, 0) is 28.8 Å². The highest BCUT2D eigenvalue weighted by Gasteiger charge is 2.05. The molecule has 0 bridgehead atoms. The van der Waals surface area contributed by atoms with Gasteiger partial charge in [-0.1, -0.05) is 13.8 Å². The van der Waals surface area contributed by atoms with Crippen LogP contribution in [0.2, 0.25) is 0 Å². The number of hydrogen-bond donors (Lipinski definition) is 0. The molecule has 0 aromatic carbocycles. The first-order valence-electron chi connectivity index (χ1n) is 3.60. The summed E-state index contributed by atoms with van der Waals surface area (Å²) in [4.78, 5) is 8.38. The summed E-state index contributed by atoms with van der Waals surface area (Å²) in [6.07, 6.45) is 1.80. The van der Waals surface area contributed by atoms with Crippen molar-refractivity contribution in [1.82, 2.24) is 9.97 Å². The van der Waals surface area contributed by atoms with E-state index in [9.17, 15) is 0 Å². The Morgan fingerprint density at radius 3 is 2.55 bits per heavy atom. The van der Waals surface area contributed by atoms with Crippen LogP contribution < -0.4 is 0 Å². The van der Waals surface area contributed by atoms with Crippen molar-refractivity contribution in [2.45, 2.75) is 26.7 Å². The van der Waals surface area contributed by atoms with Crippen molar-refractivity contribution in [3.63, 3.8) is 0 Å². The zero-order chi connectivity index (χ0) is 8.43. The third-order valence-electron chi connectivity index (χ3n) is 1.44. The molecule has 3 heteroatoms. The number of aryl methyl sites for hydroxylation is 1. The molecule has 0 aliphatic carbocycles. The smallest absolute Gasteiger partial charge is 0.125 e. The maximum atomic E-state index is 4.31. The number of nitrogens with zero attached hydrogens (tertiary/aromatic N) is 2. The average molecular weight is 215 g/mol. The summed E-state index contributed by atoms with van der Waals surface area (Å²) >= 11 is 3.41. The van der Waals surface area contributed by atoms with Crippen LogP contribution in [0.3, 0.4) is 0 Å². The van der Waals surface area contributed by atoms with Gasteiger partial charge in [0.15, 0.2) is 0 Å². The molecule has 0 saturated carbocycles. The monoisotopic (exact) mass is 214 g/mol. The quantitative estimate of drug-likeness (QED) is 0.719. The van der Waals surface area contributed by atoms with E-state index >= 15 is 0 Å². The lowest BCUT2D eigenvalue weighted by Gasteiger charge is -2.06. The molecule has 0 aliphatic rings. The molecule has 1 heterocycles. The van der Waals surface area contributed by atoms with E-state index in [0.717, 1.165) is 16.0 Å². The molecule has 0 atom stereocenters. The second-order valence-corrected chi connectivity index (χ2v) is 3.66. The lowest BCUT2D eigenvalue weighted by molar-refractivity contribution is 0.793. The molecule has 0 aliphatic heterocycles. The molecule has 2 nitrogen and oxygen atoms in total. The maximum absolute atomic E-state index is 4.31. The van der Waals surface area contributed by atoms with Gasteiger partial charge in [-0.25, -0.2) is 9.97 Å². The molecule has 1 aromatic heterocycles. The lowest BCUT2D eigenvalue weighted by Crippen LogP contribution is -1.97. The maximum Gasteiger partial charge on any atom is 0.125 e. The van der Waals surface area contributed by atoms with Gasteiger partial charge in [0.2, 0.25) is 0 Å². The minimum atomic E-state index is 0.450. The van der Waals surface area contributed by atoms with Gasteiger partial charge >= 0.3 is 0 Å². The van der Waals surface area contributed by atoms with Crippen LogP contribution in [0.5, 0.6) is 0 Å². The normalized spacial score (nSPS) is 10.6. The molecule has 0 saturated heterocycles. The van der Waals surface area contributed by atoms with Crippen LogP contribution in [0.4, 0.5) is 0 Å². The summed E-state index contributed by atoms with van der Waals surface area (Å²) in [6, 6.07) is 0. The standard InChI is InChI=1S/C8H11BrN2/c1-5(2)8-7(9)4-10-6(3)11-8/h4-5H,1-3H3. The minimum absolute atomic E-state index is 0.450. The van der Waals surface area contributed by atoms with Crippen LogP contribution in [-0.2, 0) is 0 Å². The Morgan fingerprint density at radius 1 is 1.45 bits per heavy atom. The Bertz CT molecular complexity index is 258. The predicted octanol–water partition coefficient (Wildman–Crippen LogP) is 2.67. The fourth-order valence-corrected chi connectivity index (χ4v) is 1.53. The summed E-state index contributed by atoms with van der Waals surface area (Å²) in [5.41, 5.74) is 1.08. The first-order chi connectivity index (χ1) is 5.11. The van der Waals surface area contributed by atoms with E-state index in [-0.39, 0.29) is 0 Å². The van der Waals surface area contributed by atoms with Crippen LogP contribution in [0, 0.1) is 6.92 Å². The number of halogens is 1. The molecule has 0 fully saturated rings. The van der Waals surface area contributed by atoms with Crippen LogP contribution in [0.25, 0.3) is 0 Å². The molecule has 11 heavy (non-hydrogen) atoms. The third kappa shape index (κ3) is 1.99. The summed E-state index contributed by atoms with van der Waals surface area (Å²) in [5, 5.41) is 0. The van der Waals surface area contributed by atoms with Crippen molar-refractivity contribution < 1.29 is 0 Å². The van der Waals surface area contributed by atoms with Crippen molar-refractivity contribution in [1.29, 1.82) is 0 Å². The summed E-state index contributed by atoms with van der Waals surface area (Å²) < 4.78 is 0.998. The van der Waals surface area contributed by atoms with Gasteiger partial charge in [0.1, 0.15) is 5.82 Å². The zero-order valence-corrected chi connectivity index (χ0v) is 8.51. The Morgan fingerprint density at radius 2 is 2.09 bits per heavy atom. The van der Waals surface area contributed by atoms with Gasteiger partial charge in [0.25, 0.3) is 0 Å². The van der Waals surface area contributed by atoms with Crippen molar-refractivity contribution in [2.75, 3.05) is 0 Å². The van der Waals surface area contributed by atoms with E-state index in [1.165, 1.54) is 0 Å². The third-order valence-corrected chi connectivity index (χ3v) is 2.05. The Hall–Kier alpha value is -0.440. The molecule has 60 valence electrons. The Kier molecular flexibility index (Phi) is 2.60. The van der Waals surface area contributed by atoms with Gasteiger partial charge in [0.05, 0.1) is 10.2 Å². The summed E-state index contributed by atoms with van der Waals surface area (Å²) in [7, 11) is 0. The largest absolute Gasteiger partial charge is 0.240 e. The fourth-order valence-electron chi connectivity index (χ4n) is 0.878. The lowest BCUT2D eigenvalue weighted by atomic mass is 10.1. The second-order valence-electron chi connectivity index (χ2n) is 2.81. The van der Waals surface area contributed by atoms with Crippen LogP contribution in [0.1, 0.15) is 31.3 Å². The molecule has 0 unspecified atom stereocenters. The van der Waals surface area contributed by atoms with Gasteiger partial charge < -0.3 is 0 Å². The topological polar surface area (TPSA) is 25.8 Å². The van der Waals surface area contributed by atoms with Crippen LogP contribution >= 0.6 is 15.9 Å². The van der Waals surface area contributed by atoms with E-state index in [1.54, 1.807) is 6.20 Å². The van der Waals surface area contributed by atoms with E-state index in [1.807, 2.05) is 6.92 Å². The van der Waals surface area contributed by atoms with Crippen molar-refractivity contribution in [2.24, 2.45) is 0 Å². The number of aromatic nitrogens is 2. The van der Waals surface area contributed by atoms with Crippen LogP contribution in [0.15, 0.2) is 10.7 Å². The van der Waals surface area contributed by atoms with Crippen molar-refractivity contribution in [3.05, 3.63) is 22.2 Å². The second kappa shape index (κ2) is 3.30. The highest BCUT2D eigenvalue weighted by Crippen LogP contribution is 2.20. The predicted molar refractivity (Wildman–Crippen MR) is 48.6 cm³/mol. The highest BCUT2D eigenvalue weighted by molar-refractivity contribution is 9.10. The van der Waals surface area contributed by atoms with E-state index in [0.29, 0.717) is 5.92 Å². The molecular weight excluding hydrogens is 204 g/mol. The van der Waals surface area contributed by atoms with Gasteiger partial charge in [-0.3, -0.25) is 0 Å². The molecule has 0 amide bonds. The van der Waals surface area contributed by atoms with Gasteiger partial charge in [-0.15, -0.1) is 0 Å². The Labute approximate surface area is 75.2 Å². The van der Waals surface area contributed by atoms with E-state index in [4.69, 9.17) is 0 Å². The highest BCUT2D eigenvalue weighted by atomic mass is 79.9. The molecule has 0 radical (unpaired) electrons. The zero-order valence-electron chi connectivity index (χ0n) is 6.93. The van der Waals surface area contributed by atoms with Crippen molar-refractivity contribution >= 4 is 15.9 Å². The van der Waals surface area contributed by atoms with Gasteiger partial charge in [-0.2, -0.15) is 0 Å². The van der Waals surface area contributed by atoms with Crippen LogP contribution in [-0.4, -0.2) is 9.97 Å². The molecule has 0 N–H and O–H groups in total. The molecule has 1 aromatic rings. The first-order valence-corrected chi connectivity index (χ1v) is 4.39. The first kappa shape index (κ1) is 8.65. The average Bonchev–Trinajstić information content (AvgIpc) is 1.94. The number of rotatable bonds is 1. The molecular formula is C8H11BrN2.